The molecule has 0 aliphatic heterocycles. The number of ether oxygens (including phenoxy) is 2. The Balaban J connectivity index is 1.64. The number of nitrogens with one attached hydrogen (secondary N) is 2. The van der Waals surface area contributed by atoms with E-state index in [2.05, 4.69) is 15.6 Å². The number of benzene rings is 1. The van der Waals surface area contributed by atoms with Crippen molar-refractivity contribution < 1.29 is 14.3 Å². The minimum absolute atomic E-state index is 0.0920. The topological polar surface area (TPSA) is 72.0 Å². The van der Waals surface area contributed by atoms with Gasteiger partial charge in [0.05, 0.1) is 7.11 Å². The Morgan fingerprint density at radius 3 is 2.72 bits per heavy atom. The highest BCUT2D eigenvalue weighted by molar-refractivity contribution is 5.79. The van der Waals surface area contributed by atoms with E-state index in [0.717, 1.165) is 30.6 Å². The van der Waals surface area contributed by atoms with Gasteiger partial charge in [-0.05, 0) is 38.2 Å². The zero-order valence-electron chi connectivity index (χ0n) is 15.2. The van der Waals surface area contributed by atoms with Gasteiger partial charge < -0.3 is 20.1 Å². The molecule has 1 aliphatic carbocycles. The number of rotatable bonds is 8. The number of esters is 1. The second-order valence-electron chi connectivity index (χ2n) is 6.16. The van der Waals surface area contributed by atoms with Crippen LogP contribution in [0.5, 0.6) is 5.75 Å². The lowest BCUT2D eigenvalue weighted by molar-refractivity contribution is -0.148. The fourth-order valence-corrected chi connectivity index (χ4v) is 2.94. The van der Waals surface area contributed by atoms with Gasteiger partial charge in [0, 0.05) is 32.1 Å². The number of guanidine groups is 1. The van der Waals surface area contributed by atoms with E-state index in [1.54, 1.807) is 14.2 Å². The van der Waals surface area contributed by atoms with Crippen molar-refractivity contribution in [2.24, 2.45) is 4.99 Å². The molecule has 2 N–H and O–H groups in total. The predicted molar refractivity (Wildman–Crippen MR) is 98.8 cm³/mol. The molecule has 1 aromatic rings. The highest BCUT2D eigenvalue weighted by Gasteiger charge is 2.18. The third kappa shape index (κ3) is 6.64. The van der Waals surface area contributed by atoms with Gasteiger partial charge in [-0.15, -0.1) is 0 Å². The molecule has 1 aromatic carbocycles. The fraction of sp³-hybridized carbons (Fsp3) is 0.579. The summed E-state index contributed by atoms with van der Waals surface area (Å²) in [6, 6.07) is 7.87. The lowest BCUT2D eigenvalue weighted by Gasteiger charge is -2.14. The monoisotopic (exact) mass is 347 g/mol. The van der Waals surface area contributed by atoms with Gasteiger partial charge in [0.15, 0.2) is 5.96 Å². The van der Waals surface area contributed by atoms with Crippen LogP contribution >= 0.6 is 0 Å². The molecule has 0 atom stereocenters. The lowest BCUT2D eigenvalue weighted by Crippen LogP contribution is -2.37. The van der Waals surface area contributed by atoms with Gasteiger partial charge >= 0.3 is 5.97 Å². The molecule has 6 nitrogen and oxygen atoms in total. The molecule has 0 radical (unpaired) electrons. The Bertz CT molecular complexity index is 569. The molecule has 0 unspecified atom stereocenters. The summed E-state index contributed by atoms with van der Waals surface area (Å²) in [5.74, 6) is 1.46. The van der Waals surface area contributed by atoms with E-state index in [4.69, 9.17) is 9.47 Å². The number of para-hydroxylation sites is 1. The average molecular weight is 347 g/mol. The maximum atomic E-state index is 11.8. The third-order valence-corrected chi connectivity index (χ3v) is 4.31. The molecule has 0 amide bonds. The SMILES string of the molecule is CN=C(NCCCC(=O)OC1CCCC1)NCc1ccccc1OC. The van der Waals surface area contributed by atoms with Crippen LogP contribution in [0.25, 0.3) is 0 Å². The van der Waals surface area contributed by atoms with Crippen LogP contribution in [0.3, 0.4) is 0 Å². The fourth-order valence-electron chi connectivity index (χ4n) is 2.94. The van der Waals surface area contributed by atoms with Gasteiger partial charge in [-0.25, -0.2) is 0 Å². The Kier molecular flexibility index (Phi) is 8.09. The molecule has 6 heteroatoms. The van der Waals surface area contributed by atoms with E-state index in [9.17, 15) is 4.79 Å². The normalized spacial score (nSPS) is 15.0. The van der Waals surface area contributed by atoms with Crippen molar-refractivity contribution in [1.82, 2.24) is 10.6 Å². The summed E-state index contributed by atoms with van der Waals surface area (Å²) >= 11 is 0. The Morgan fingerprint density at radius 1 is 1.24 bits per heavy atom. The average Bonchev–Trinajstić information content (AvgIpc) is 3.14. The first-order chi connectivity index (χ1) is 12.2. The largest absolute Gasteiger partial charge is 0.496 e. The minimum Gasteiger partial charge on any atom is -0.496 e. The number of methoxy groups -OCH3 is 1. The Hall–Kier alpha value is -2.24. The van der Waals surface area contributed by atoms with Crippen molar-refractivity contribution in [3.05, 3.63) is 29.8 Å². The van der Waals surface area contributed by atoms with E-state index in [0.29, 0.717) is 25.5 Å². The van der Waals surface area contributed by atoms with Gasteiger partial charge in [-0.2, -0.15) is 0 Å². The molecular weight excluding hydrogens is 318 g/mol. The van der Waals surface area contributed by atoms with Crippen LogP contribution in [0.2, 0.25) is 0 Å². The molecule has 0 aromatic heterocycles. The first kappa shape index (κ1) is 19.1. The smallest absolute Gasteiger partial charge is 0.306 e. The third-order valence-electron chi connectivity index (χ3n) is 4.31. The van der Waals surface area contributed by atoms with Crippen LogP contribution in [0.1, 0.15) is 44.1 Å². The standard InChI is InChI=1S/C19H29N3O3/c1-20-19(22-14-15-8-3-6-11-17(15)24-2)21-13-7-12-18(23)25-16-9-4-5-10-16/h3,6,8,11,16H,4-5,7,9-10,12-14H2,1-2H3,(H2,20,21,22). The maximum Gasteiger partial charge on any atom is 0.306 e. The highest BCUT2D eigenvalue weighted by atomic mass is 16.5. The molecule has 0 spiro atoms. The molecule has 25 heavy (non-hydrogen) atoms. The van der Waals surface area contributed by atoms with Gasteiger partial charge in [-0.3, -0.25) is 9.79 Å². The molecule has 1 saturated carbocycles. The van der Waals surface area contributed by atoms with Crippen LogP contribution < -0.4 is 15.4 Å². The zero-order valence-corrected chi connectivity index (χ0v) is 15.2. The Morgan fingerprint density at radius 2 is 2.00 bits per heavy atom. The van der Waals surface area contributed by atoms with Crippen molar-refractivity contribution in [3.63, 3.8) is 0 Å². The first-order valence-electron chi connectivity index (χ1n) is 8.99. The van der Waals surface area contributed by atoms with Crippen molar-refractivity contribution in [2.75, 3.05) is 20.7 Å². The molecular formula is C19H29N3O3. The number of aliphatic imine (C=N–C) groups is 1. The number of hydrogen-bond donors (Lipinski definition) is 2. The van der Waals surface area contributed by atoms with Gasteiger partial charge in [0.2, 0.25) is 0 Å². The van der Waals surface area contributed by atoms with Crippen molar-refractivity contribution in [2.45, 2.75) is 51.2 Å². The van der Waals surface area contributed by atoms with E-state index >= 15 is 0 Å². The first-order valence-corrected chi connectivity index (χ1v) is 8.99. The molecule has 0 saturated heterocycles. The van der Waals surface area contributed by atoms with E-state index in [-0.39, 0.29) is 12.1 Å². The quantitative estimate of drug-likeness (QED) is 0.327. The van der Waals surface area contributed by atoms with Crippen molar-refractivity contribution in [3.8, 4) is 5.75 Å². The van der Waals surface area contributed by atoms with Crippen LogP contribution in [0, 0.1) is 0 Å². The summed E-state index contributed by atoms with van der Waals surface area (Å²) in [5.41, 5.74) is 1.06. The van der Waals surface area contributed by atoms with E-state index in [1.165, 1.54) is 12.8 Å². The molecule has 138 valence electrons. The maximum absolute atomic E-state index is 11.8. The number of carbonyl (C=O) groups is 1. The van der Waals surface area contributed by atoms with E-state index < -0.39 is 0 Å². The number of nitrogens with zero attached hydrogens (tertiary/aromatic N) is 1. The highest BCUT2D eigenvalue weighted by Crippen LogP contribution is 2.21. The van der Waals surface area contributed by atoms with Crippen molar-refractivity contribution >= 4 is 11.9 Å². The summed E-state index contributed by atoms with van der Waals surface area (Å²) in [6.07, 6.45) is 5.69. The van der Waals surface area contributed by atoms with Crippen LogP contribution in [0.4, 0.5) is 0 Å². The second kappa shape index (κ2) is 10.6. The van der Waals surface area contributed by atoms with Crippen LogP contribution in [-0.2, 0) is 16.1 Å². The lowest BCUT2D eigenvalue weighted by atomic mass is 10.2. The van der Waals surface area contributed by atoms with Crippen LogP contribution in [0.15, 0.2) is 29.3 Å². The summed E-state index contributed by atoms with van der Waals surface area (Å²) in [5, 5.41) is 6.47. The molecule has 0 bridgehead atoms. The summed E-state index contributed by atoms with van der Waals surface area (Å²) in [6.45, 7) is 1.29. The van der Waals surface area contributed by atoms with Gasteiger partial charge in [0.25, 0.3) is 0 Å². The number of carbonyl (C=O) groups excluding carboxylic acids is 1. The zero-order chi connectivity index (χ0) is 17.9. The Labute approximate surface area is 150 Å². The molecule has 1 aliphatic rings. The number of hydrogen-bond acceptors (Lipinski definition) is 4. The van der Waals surface area contributed by atoms with Crippen molar-refractivity contribution in [1.29, 1.82) is 0 Å². The van der Waals surface area contributed by atoms with Crippen LogP contribution in [-0.4, -0.2) is 38.7 Å². The van der Waals surface area contributed by atoms with E-state index in [1.807, 2.05) is 24.3 Å². The molecule has 0 heterocycles. The minimum atomic E-state index is -0.0920. The predicted octanol–water partition coefficient (Wildman–Crippen LogP) is 2.63. The molecule has 2 rings (SSSR count). The summed E-state index contributed by atoms with van der Waals surface area (Å²) in [4.78, 5) is 16.0. The summed E-state index contributed by atoms with van der Waals surface area (Å²) < 4.78 is 10.8. The van der Waals surface area contributed by atoms with Gasteiger partial charge in [-0.1, -0.05) is 18.2 Å². The van der Waals surface area contributed by atoms with Gasteiger partial charge in [0.1, 0.15) is 11.9 Å². The second-order valence-corrected chi connectivity index (χ2v) is 6.16. The summed E-state index contributed by atoms with van der Waals surface area (Å²) in [7, 11) is 3.39. The molecule has 1 fully saturated rings.